The van der Waals surface area contributed by atoms with Crippen molar-refractivity contribution in [2.24, 2.45) is 0 Å². The third-order valence-electron chi connectivity index (χ3n) is 3.81. The molecule has 1 aliphatic rings. The van der Waals surface area contributed by atoms with E-state index in [0.717, 1.165) is 24.3 Å². The van der Waals surface area contributed by atoms with Gasteiger partial charge in [-0.25, -0.2) is 15.0 Å². The number of aromatic nitrogens is 4. The van der Waals surface area contributed by atoms with E-state index in [1.807, 2.05) is 18.0 Å². The molecule has 8 heteroatoms. The van der Waals surface area contributed by atoms with Crippen LogP contribution in [0.3, 0.4) is 0 Å². The number of anilines is 3. The molecule has 2 N–H and O–H groups in total. The molecule has 1 saturated heterocycles. The molecule has 0 spiro atoms. The molecule has 3 heterocycles. The highest BCUT2D eigenvalue weighted by Crippen LogP contribution is 2.20. The van der Waals surface area contributed by atoms with Crippen molar-refractivity contribution in [3.05, 3.63) is 30.2 Å². The van der Waals surface area contributed by atoms with Gasteiger partial charge in [0.1, 0.15) is 5.82 Å². The van der Waals surface area contributed by atoms with Gasteiger partial charge in [0.05, 0.1) is 6.10 Å². The summed E-state index contributed by atoms with van der Waals surface area (Å²) < 4.78 is 0. The maximum absolute atomic E-state index is 9.66. The summed E-state index contributed by atoms with van der Waals surface area (Å²) in [5, 5.41) is 12.6. The summed E-state index contributed by atoms with van der Waals surface area (Å²) in [4.78, 5) is 21.4. The van der Waals surface area contributed by atoms with Crippen LogP contribution in [0.25, 0.3) is 0 Å². The highest BCUT2D eigenvalue weighted by molar-refractivity contribution is 5.44. The van der Waals surface area contributed by atoms with Gasteiger partial charge in [0.25, 0.3) is 0 Å². The predicted octanol–water partition coefficient (Wildman–Crippen LogP) is 0.516. The van der Waals surface area contributed by atoms with Crippen LogP contribution in [-0.4, -0.2) is 58.3 Å². The lowest BCUT2D eigenvalue weighted by Gasteiger charge is -2.20. The van der Waals surface area contributed by atoms with Crippen LogP contribution in [0.1, 0.15) is 12.0 Å². The van der Waals surface area contributed by atoms with E-state index in [4.69, 9.17) is 0 Å². The summed E-state index contributed by atoms with van der Waals surface area (Å²) in [6.45, 7) is 2.07. The summed E-state index contributed by atoms with van der Waals surface area (Å²) in [6.07, 6.45) is 5.84. The van der Waals surface area contributed by atoms with Crippen LogP contribution in [0.4, 0.5) is 17.7 Å². The van der Waals surface area contributed by atoms with E-state index < -0.39 is 0 Å². The van der Waals surface area contributed by atoms with Crippen LogP contribution in [0.2, 0.25) is 0 Å². The lowest BCUT2D eigenvalue weighted by atomic mass is 10.3. The largest absolute Gasteiger partial charge is 0.391 e. The molecule has 122 valence electrons. The van der Waals surface area contributed by atoms with Gasteiger partial charge in [-0.05, 0) is 12.5 Å². The van der Waals surface area contributed by atoms with Crippen LogP contribution in [0.15, 0.2) is 24.7 Å². The highest BCUT2D eigenvalue weighted by Gasteiger charge is 2.21. The van der Waals surface area contributed by atoms with Crippen LogP contribution >= 0.6 is 0 Å². The molecule has 0 radical (unpaired) electrons. The first-order valence-corrected chi connectivity index (χ1v) is 7.61. The topological polar surface area (TPSA) is 90.3 Å². The summed E-state index contributed by atoms with van der Waals surface area (Å²) in [6, 6.07) is 1.88. The molecular weight excluding hydrogens is 294 g/mol. The van der Waals surface area contributed by atoms with E-state index in [9.17, 15) is 5.11 Å². The van der Waals surface area contributed by atoms with Crippen molar-refractivity contribution in [3.8, 4) is 0 Å². The van der Waals surface area contributed by atoms with E-state index in [0.29, 0.717) is 25.0 Å². The summed E-state index contributed by atoms with van der Waals surface area (Å²) in [5.41, 5.74) is 0.983. The Bertz CT molecular complexity index is 649. The molecule has 0 bridgehead atoms. The van der Waals surface area contributed by atoms with Crippen LogP contribution in [0.5, 0.6) is 0 Å². The first-order valence-electron chi connectivity index (χ1n) is 7.61. The zero-order valence-electron chi connectivity index (χ0n) is 13.3. The van der Waals surface area contributed by atoms with Gasteiger partial charge in [-0.15, -0.1) is 0 Å². The Balaban J connectivity index is 1.70. The third kappa shape index (κ3) is 3.65. The molecule has 8 nitrogen and oxygen atoms in total. The minimum atomic E-state index is -0.269. The van der Waals surface area contributed by atoms with Gasteiger partial charge in [-0.3, -0.25) is 0 Å². The van der Waals surface area contributed by atoms with Crippen LogP contribution in [-0.2, 0) is 6.54 Å². The van der Waals surface area contributed by atoms with Gasteiger partial charge >= 0.3 is 0 Å². The number of hydrogen-bond acceptors (Lipinski definition) is 8. The van der Waals surface area contributed by atoms with Gasteiger partial charge < -0.3 is 20.2 Å². The summed E-state index contributed by atoms with van der Waals surface area (Å²) >= 11 is 0. The van der Waals surface area contributed by atoms with Crippen molar-refractivity contribution in [3.63, 3.8) is 0 Å². The smallest absolute Gasteiger partial charge is 0.227 e. The Morgan fingerprint density at radius 2 is 2.13 bits per heavy atom. The number of nitrogens with zero attached hydrogens (tertiary/aromatic N) is 6. The lowest BCUT2D eigenvalue weighted by molar-refractivity contribution is 0.198. The fourth-order valence-corrected chi connectivity index (χ4v) is 2.56. The third-order valence-corrected chi connectivity index (χ3v) is 3.81. The normalized spacial score (nSPS) is 17.3. The number of rotatable bonds is 5. The van der Waals surface area contributed by atoms with Gasteiger partial charge in [0, 0.05) is 57.9 Å². The average molecular weight is 315 g/mol. The second kappa shape index (κ2) is 6.74. The maximum atomic E-state index is 9.66. The predicted molar refractivity (Wildman–Crippen MR) is 88.6 cm³/mol. The van der Waals surface area contributed by atoms with Gasteiger partial charge in [-0.1, -0.05) is 0 Å². The molecule has 1 atom stereocenters. The molecule has 1 fully saturated rings. The molecule has 0 amide bonds. The van der Waals surface area contributed by atoms with E-state index in [-0.39, 0.29) is 6.10 Å². The molecule has 0 aromatic carbocycles. The zero-order valence-corrected chi connectivity index (χ0v) is 13.3. The van der Waals surface area contributed by atoms with Gasteiger partial charge in [-0.2, -0.15) is 4.98 Å². The number of hydrogen-bond donors (Lipinski definition) is 2. The zero-order chi connectivity index (χ0) is 16.2. The fraction of sp³-hybridized carbons (Fsp3) is 0.467. The van der Waals surface area contributed by atoms with Crippen molar-refractivity contribution in [1.29, 1.82) is 0 Å². The molecule has 2 aromatic rings. The minimum absolute atomic E-state index is 0.269. The number of β-amino-alcohol motifs (C(OH)–C–C–N with tert-alkyl or cyclic N) is 1. The molecule has 0 saturated carbocycles. The molecule has 0 unspecified atom stereocenters. The van der Waals surface area contributed by atoms with Crippen molar-refractivity contribution in [2.75, 3.05) is 42.3 Å². The molecule has 2 aromatic heterocycles. The number of nitrogens with one attached hydrogen (secondary N) is 1. The monoisotopic (exact) mass is 315 g/mol. The van der Waals surface area contributed by atoms with Gasteiger partial charge in [0.2, 0.25) is 11.9 Å². The molecular formula is C15H21N7O. The van der Waals surface area contributed by atoms with Gasteiger partial charge in [0.15, 0.2) is 0 Å². The lowest BCUT2D eigenvalue weighted by Crippen LogP contribution is -2.24. The average Bonchev–Trinajstić information content (AvgIpc) is 3.02. The molecule has 3 rings (SSSR count). The quantitative estimate of drug-likeness (QED) is 0.825. The van der Waals surface area contributed by atoms with E-state index in [1.54, 1.807) is 25.6 Å². The van der Waals surface area contributed by atoms with E-state index in [2.05, 4.69) is 30.2 Å². The summed E-state index contributed by atoms with van der Waals surface area (Å²) in [5.74, 6) is 2.09. The SMILES string of the molecule is CNc1ncc(CN(C)c2nccc(N3CC[C@@H](O)C3)n2)cn1. The standard InChI is InChI=1S/C15H21N7O/c1-16-14-18-7-11(8-19-14)9-21(2)15-17-5-3-13(20-15)22-6-4-12(23)10-22/h3,5,7-8,12,23H,4,6,9-10H2,1-2H3,(H,16,18,19)/t12-/m1/s1. The number of aliphatic hydroxyl groups is 1. The maximum Gasteiger partial charge on any atom is 0.227 e. The molecule has 0 aliphatic carbocycles. The van der Waals surface area contributed by atoms with Crippen molar-refractivity contribution >= 4 is 17.7 Å². The van der Waals surface area contributed by atoms with Crippen LogP contribution < -0.4 is 15.1 Å². The molecule has 1 aliphatic heterocycles. The number of aliphatic hydroxyl groups excluding tert-OH is 1. The second-order valence-corrected chi connectivity index (χ2v) is 5.62. The van der Waals surface area contributed by atoms with Crippen molar-refractivity contribution in [2.45, 2.75) is 19.1 Å². The Labute approximate surface area is 135 Å². The summed E-state index contributed by atoms with van der Waals surface area (Å²) in [7, 11) is 3.72. The minimum Gasteiger partial charge on any atom is -0.391 e. The van der Waals surface area contributed by atoms with Crippen molar-refractivity contribution in [1.82, 2.24) is 19.9 Å². The first kappa shape index (κ1) is 15.4. The highest BCUT2D eigenvalue weighted by atomic mass is 16.3. The molecule has 23 heavy (non-hydrogen) atoms. The Morgan fingerprint density at radius 3 is 2.78 bits per heavy atom. The first-order chi connectivity index (χ1) is 11.2. The Kier molecular flexibility index (Phi) is 4.52. The van der Waals surface area contributed by atoms with Crippen LogP contribution in [0, 0.1) is 0 Å². The van der Waals surface area contributed by atoms with E-state index in [1.165, 1.54) is 0 Å². The Hall–Kier alpha value is -2.48. The Morgan fingerprint density at radius 1 is 1.35 bits per heavy atom. The van der Waals surface area contributed by atoms with Crippen molar-refractivity contribution < 1.29 is 5.11 Å². The fourth-order valence-electron chi connectivity index (χ4n) is 2.56. The second-order valence-electron chi connectivity index (χ2n) is 5.62. The van der Waals surface area contributed by atoms with E-state index >= 15 is 0 Å².